The Balaban J connectivity index is 2.04. The summed E-state index contributed by atoms with van der Waals surface area (Å²) in [4.78, 5) is 0. The predicted molar refractivity (Wildman–Crippen MR) is 70.1 cm³/mol. The van der Waals surface area contributed by atoms with Crippen LogP contribution in [0.5, 0.6) is 0 Å². The van der Waals surface area contributed by atoms with Gasteiger partial charge < -0.3 is 5.32 Å². The molecule has 0 radical (unpaired) electrons. The lowest BCUT2D eigenvalue weighted by Gasteiger charge is -2.18. The molecule has 1 aliphatic heterocycles. The van der Waals surface area contributed by atoms with E-state index in [1.54, 1.807) is 0 Å². The zero-order chi connectivity index (χ0) is 11.7. The molecular formula is C14H17N3. The average Bonchev–Trinajstić information content (AvgIpc) is 2.86. The van der Waals surface area contributed by atoms with Gasteiger partial charge in [0.05, 0.1) is 5.69 Å². The molecule has 0 unspecified atom stereocenters. The first kappa shape index (κ1) is 10.4. The number of anilines is 1. The number of aromatic nitrogens is 2. The molecule has 1 aromatic heterocycles. The summed E-state index contributed by atoms with van der Waals surface area (Å²) in [7, 11) is 0. The van der Waals surface area contributed by atoms with E-state index < -0.39 is 0 Å². The molecule has 0 atom stereocenters. The van der Waals surface area contributed by atoms with Crippen molar-refractivity contribution in [1.29, 1.82) is 0 Å². The van der Waals surface area contributed by atoms with E-state index in [9.17, 15) is 0 Å². The molecule has 0 spiro atoms. The molecule has 0 aliphatic carbocycles. The third kappa shape index (κ3) is 1.82. The van der Waals surface area contributed by atoms with E-state index >= 15 is 0 Å². The van der Waals surface area contributed by atoms with Crippen molar-refractivity contribution in [2.75, 3.05) is 11.9 Å². The minimum atomic E-state index is 0.910. The van der Waals surface area contributed by atoms with Crippen LogP contribution in [0, 0.1) is 0 Å². The maximum atomic E-state index is 4.32. The molecule has 1 aliphatic rings. The molecule has 2 aromatic rings. The van der Waals surface area contributed by atoms with Gasteiger partial charge in [-0.15, -0.1) is 0 Å². The van der Waals surface area contributed by atoms with Crippen molar-refractivity contribution in [1.82, 2.24) is 9.78 Å². The van der Waals surface area contributed by atoms with Crippen LogP contribution < -0.4 is 5.32 Å². The molecule has 3 rings (SSSR count). The Kier molecular flexibility index (Phi) is 2.59. The van der Waals surface area contributed by atoms with Gasteiger partial charge in [-0.25, -0.2) is 0 Å². The van der Waals surface area contributed by atoms with Gasteiger partial charge in [-0.3, -0.25) is 4.68 Å². The first-order valence-corrected chi connectivity index (χ1v) is 6.27. The van der Waals surface area contributed by atoms with E-state index in [1.165, 1.54) is 35.3 Å². The van der Waals surface area contributed by atoms with Crippen molar-refractivity contribution in [3.63, 3.8) is 0 Å². The van der Waals surface area contributed by atoms with Crippen LogP contribution in [0.3, 0.4) is 0 Å². The number of nitrogens with one attached hydrogen (secondary N) is 1. The smallest absolute Gasteiger partial charge is 0.0682 e. The summed E-state index contributed by atoms with van der Waals surface area (Å²) in [5, 5.41) is 7.79. The first-order valence-electron chi connectivity index (χ1n) is 6.27. The second-order valence-corrected chi connectivity index (χ2v) is 4.43. The lowest BCUT2D eigenvalue weighted by Crippen LogP contribution is -2.11. The van der Waals surface area contributed by atoms with Crippen molar-refractivity contribution in [2.24, 2.45) is 0 Å². The Hall–Kier alpha value is -1.77. The number of hydrogen-bond acceptors (Lipinski definition) is 2. The van der Waals surface area contributed by atoms with Crippen molar-refractivity contribution in [3.8, 4) is 11.3 Å². The summed E-state index contributed by atoms with van der Waals surface area (Å²) in [6.07, 6.45) is 4.29. The second kappa shape index (κ2) is 4.24. The van der Waals surface area contributed by atoms with Crippen molar-refractivity contribution >= 4 is 5.69 Å². The minimum Gasteiger partial charge on any atom is -0.385 e. The number of benzene rings is 1. The fraction of sp³-hybridized carbons (Fsp3) is 0.357. The Labute approximate surface area is 101 Å². The summed E-state index contributed by atoms with van der Waals surface area (Å²) in [6, 6.07) is 8.77. The number of rotatable bonds is 2. The van der Waals surface area contributed by atoms with Crippen LogP contribution in [0.2, 0.25) is 0 Å². The van der Waals surface area contributed by atoms with Crippen LogP contribution in [0.15, 0.2) is 30.5 Å². The highest BCUT2D eigenvalue weighted by atomic mass is 15.3. The fourth-order valence-corrected chi connectivity index (χ4v) is 2.45. The van der Waals surface area contributed by atoms with Gasteiger partial charge in [-0.2, -0.15) is 5.10 Å². The van der Waals surface area contributed by atoms with Gasteiger partial charge in [0.25, 0.3) is 0 Å². The molecule has 88 valence electrons. The van der Waals surface area contributed by atoms with Crippen LogP contribution in [-0.2, 0) is 13.0 Å². The zero-order valence-electron chi connectivity index (χ0n) is 10.1. The molecule has 17 heavy (non-hydrogen) atoms. The van der Waals surface area contributed by atoms with E-state index in [1.807, 2.05) is 10.9 Å². The first-order chi connectivity index (χ1) is 8.38. The molecule has 0 bridgehead atoms. The second-order valence-electron chi connectivity index (χ2n) is 4.43. The van der Waals surface area contributed by atoms with Gasteiger partial charge >= 0.3 is 0 Å². The quantitative estimate of drug-likeness (QED) is 0.855. The molecule has 0 amide bonds. The fourth-order valence-electron chi connectivity index (χ4n) is 2.45. The number of aryl methyl sites for hydroxylation is 2. The molecule has 1 N–H and O–H groups in total. The number of nitrogens with zero attached hydrogens (tertiary/aromatic N) is 2. The SMILES string of the molecule is CCn1nccc1-c1ccc2c(c1)NCCC2. The van der Waals surface area contributed by atoms with Crippen molar-refractivity contribution < 1.29 is 0 Å². The van der Waals surface area contributed by atoms with Crippen LogP contribution in [0.4, 0.5) is 5.69 Å². The molecule has 3 nitrogen and oxygen atoms in total. The Morgan fingerprint density at radius 1 is 1.35 bits per heavy atom. The highest BCUT2D eigenvalue weighted by Gasteiger charge is 2.11. The predicted octanol–water partition coefficient (Wildman–Crippen LogP) is 2.93. The molecule has 3 heteroatoms. The molecular weight excluding hydrogens is 210 g/mol. The molecule has 0 fully saturated rings. The van der Waals surface area contributed by atoms with E-state index in [0.717, 1.165) is 13.1 Å². The third-order valence-electron chi connectivity index (χ3n) is 3.36. The highest BCUT2D eigenvalue weighted by molar-refractivity contribution is 5.68. The van der Waals surface area contributed by atoms with Gasteiger partial charge in [0.15, 0.2) is 0 Å². The summed E-state index contributed by atoms with van der Waals surface area (Å²) in [5.74, 6) is 0. The maximum absolute atomic E-state index is 4.32. The monoisotopic (exact) mass is 227 g/mol. The lowest BCUT2D eigenvalue weighted by molar-refractivity contribution is 0.667. The lowest BCUT2D eigenvalue weighted by atomic mass is 10.00. The number of hydrogen-bond donors (Lipinski definition) is 1. The van der Waals surface area contributed by atoms with Crippen LogP contribution in [-0.4, -0.2) is 16.3 Å². The Bertz CT molecular complexity index is 528. The summed E-state index contributed by atoms with van der Waals surface area (Å²) in [6.45, 7) is 4.11. The van der Waals surface area contributed by atoms with Gasteiger partial charge in [0, 0.05) is 30.5 Å². The van der Waals surface area contributed by atoms with E-state index in [0.29, 0.717) is 0 Å². The third-order valence-corrected chi connectivity index (χ3v) is 3.36. The van der Waals surface area contributed by atoms with E-state index in [4.69, 9.17) is 0 Å². The van der Waals surface area contributed by atoms with Crippen LogP contribution in [0.1, 0.15) is 18.9 Å². The topological polar surface area (TPSA) is 29.9 Å². The minimum absolute atomic E-state index is 0.910. The standard InChI is InChI=1S/C14H17N3/c1-2-17-14(7-9-16-17)12-6-5-11-4-3-8-15-13(11)10-12/h5-7,9-10,15H,2-4,8H2,1H3. The van der Waals surface area contributed by atoms with Gasteiger partial charge in [0.1, 0.15) is 0 Å². The van der Waals surface area contributed by atoms with Crippen molar-refractivity contribution in [2.45, 2.75) is 26.3 Å². The zero-order valence-corrected chi connectivity index (χ0v) is 10.1. The van der Waals surface area contributed by atoms with Gasteiger partial charge in [-0.1, -0.05) is 12.1 Å². The summed E-state index contributed by atoms with van der Waals surface area (Å²) < 4.78 is 2.03. The molecule has 0 saturated carbocycles. The van der Waals surface area contributed by atoms with Crippen molar-refractivity contribution in [3.05, 3.63) is 36.0 Å². The summed E-state index contributed by atoms with van der Waals surface area (Å²) >= 11 is 0. The highest BCUT2D eigenvalue weighted by Crippen LogP contribution is 2.28. The summed E-state index contributed by atoms with van der Waals surface area (Å²) in [5.41, 5.74) is 5.17. The maximum Gasteiger partial charge on any atom is 0.0682 e. The molecule has 2 heterocycles. The number of fused-ring (bicyclic) bond motifs is 1. The average molecular weight is 227 g/mol. The Morgan fingerprint density at radius 2 is 2.29 bits per heavy atom. The van der Waals surface area contributed by atoms with E-state index in [-0.39, 0.29) is 0 Å². The molecule has 0 saturated heterocycles. The van der Waals surface area contributed by atoms with Gasteiger partial charge in [-0.05, 0) is 37.5 Å². The molecule has 1 aromatic carbocycles. The van der Waals surface area contributed by atoms with E-state index in [2.05, 4.69) is 41.6 Å². The van der Waals surface area contributed by atoms with Gasteiger partial charge in [0.2, 0.25) is 0 Å². The Morgan fingerprint density at radius 3 is 3.18 bits per heavy atom. The van der Waals surface area contributed by atoms with Crippen LogP contribution in [0.25, 0.3) is 11.3 Å². The van der Waals surface area contributed by atoms with Crippen LogP contribution >= 0.6 is 0 Å². The largest absolute Gasteiger partial charge is 0.385 e. The normalized spacial score (nSPS) is 14.2.